The molecule has 0 aromatic heterocycles. The van der Waals surface area contributed by atoms with Crippen molar-refractivity contribution in [3.05, 3.63) is 59.1 Å². The molecule has 0 heterocycles. The van der Waals surface area contributed by atoms with Crippen LogP contribution in [0.3, 0.4) is 0 Å². The molecule has 0 radical (unpaired) electrons. The van der Waals surface area contributed by atoms with Crippen LogP contribution in [0.25, 0.3) is 0 Å². The molecule has 0 aliphatic carbocycles. The van der Waals surface area contributed by atoms with Gasteiger partial charge in [-0.3, -0.25) is 4.79 Å². The van der Waals surface area contributed by atoms with Crippen molar-refractivity contribution in [3.63, 3.8) is 0 Å². The molecule has 0 aliphatic heterocycles. The number of benzene rings is 2. The summed E-state index contributed by atoms with van der Waals surface area (Å²) in [6, 6.07) is 14.5. The Labute approximate surface area is 150 Å². The number of ether oxygens (including phenoxy) is 1. The van der Waals surface area contributed by atoms with Crippen molar-refractivity contribution in [3.8, 4) is 11.5 Å². The highest BCUT2D eigenvalue weighted by molar-refractivity contribution is 7.49. The third-order valence-electron chi connectivity index (χ3n) is 3.25. The first-order valence-electron chi connectivity index (χ1n) is 7.62. The Balaban J connectivity index is 1.80. The van der Waals surface area contributed by atoms with Crippen LogP contribution in [0, 0.1) is 0 Å². The van der Waals surface area contributed by atoms with Gasteiger partial charge in [-0.2, -0.15) is 0 Å². The minimum Gasteiger partial charge on any atom is -0.810 e. The summed E-state index contributed by atoms with van der Waals surface area (Å²) in [6.45, 7) is 0.293. The van der Waals surface area contributed by atoms with Crippen LogP contribution < -0.4 is 19.8 Å². The summed E-state index contributed by atoms with van der Waals surface area (Å²) in [5, 5.41) is 3.05. The second kappa shape index (κ2) is 9.02. The first-order chi connectivity index (χ1) is 11.8. The predicted octanol–water partition coefficient (Wildman–Crippen LogP) is 2.09. The smallest absolute Gasteiger partial charge is 0.225 e. The minimum atomic E-state index is -4.81. The molecular weight excluding hydrogens is 365 g/mol. The summed E-state index contributed by atoms with van der Waals surface area (Å²) in [5.74, 6) is 0.587. The fraction of sp³-hybridized carbons (Fsp3) is 0.235. The van der Waals surface area contributed by atoms with Crippen molar-refractivity contribution in [2.75, 3.05) is 12.7 Å². The topological polar surface area (TPSA) is 102 Å². The van der Waals surface area contributed by atoms with E-state index in [2.05, 4.69) is 5.32 Å². The fourth-order valence-electron chi connectivity index (χ4n) is 2.16. The number of amides is 1. The molecule has 0 unspecified atom stereocenters. The van der Waals surface area contributed by atoms with Crippen LogP contribution in [0.1, 0.15) is 12.0 Å². The van der Waals surface area contributed by atoms with Gasteiger partial charge in [-0.25, -0.2) is 0 Å². The fourth-order valence-corrected chi connectivity index (χ4v) is 2.74. The molecule has 134 valence electrons. The van der Waals surface area contributed by atoms with Crippen LogP contribution in [0.2, 0.25) is 5.02 Å². The van der Waals surface area contributed by atoms with Crippen LogP contribution >= 0.6 is 19.2 Å². The zero-order valence-corrected chi connectivity index (χ0v) is 15.0. The molecule has 2 rings (SSSR count). The van der Waals surface area contributed by atoms with Crippen LogP contribution in [0.4, 0.5) is 0 Å². The van der Waals surface area contributed by atoms with Crippen molar-refractivity contribution < 1.29 is 23.9 Å². The molecule has 6 nitrogen and oxygen atoms in total. The van der Waals surface area contributed by atoms with E-state index in [0.29, 0.717) is 35.9 Å². The van der Waals surface area contributed by atoms with Crippen LogP contribution in [-0.2, 0) is 15.8 Å². The van der Waals surface area contributed by atoms with Gasteiger partial charge in [0, 0.05) is 11.6 Å². The van der Waals surface area contributed by atoms with Crippen LogP contribution in [0.5, 0.6) is 11.5 Å². The van der Waals surface area contributed by atoms with Gasteiger partial charge < -0.3 is 24.4 Å². The first-order valence-corrected chi connectivity index (χ1v) is 9.72. The number of rotatable bonds is 8. The number of carbonyl (C=O) groups is 1. The van der Waals surface area contributed by atoms with Gasteiger partial charge in [0.25, 0.3) is 0 Å². The van der Waals surface area contributed by atoms with E-state index in [1.165, 1.54) is 0 Å². The van der Waals surface area contributed by atoms with Gasteiger partial charge in [0.2, 0.25) is 5.91 Å². The van der Waals surface area contributed by atoms with Gasteiger partial charge in [0.15, 0.2) is 0 Å². The highest BCUT2D eigenvalue weighted by atomic mass is 35.5. The average molecular weight is 382 g/mol. The summed E-state index contributed by atoms with van der Waals surface area (Å²) >= 11 is 5.83. The van der Waals surface area contributed by atoms with E-state index in [-0.39, 0.29) is 0 Å². The molecule has 0 aliphatic rings. The number of hydrogen-bond donors (Lipinski definition) is 1. The molecule has 1 N–H and O–H groups in total. The Bertz CT molecular complexity index is 760. The molecule has 0 bridgehead atoms. The van der Waals surface area contributed by atoms with Gasteiger partial charge in [-0.05, 0) is 54.8 Å². The summed E-state index contributed by atoms with van der Waals surface area (Å²) in [7, 11) is -4.81. The molecule has 1 amide bonds. The van der Waals surface area contributed by atoms with E-state index in [1.807, 2.05) is 24.3 Å². The molecular formula is C17H17ClNO5P-2. The average Bonchev–Trinajstić information content (AvgIpc) is 2.53. The summed E-state index contributed by atoms with van der Waals surface area (Å²) in [6.07, 6.45) is 0.278. The zero-order chi connectivity index (χ0) is 18.3. The van der Waals surface area contributed by atoms with E-state index in [9.17, 15) is 19.1 Å². The highest BCUT2D eigenvalue weighted by Gasteiger charge is 2.04. The largest absolute Gasteiger partial charge is 0.810 e. The third-order valence-corrected chi connectivity index (χ3v) is 4.18. The van der Waals surface area contributed by atoms with Gasteiger partial charge >= 0.3 is 0 Å². The predicted molar refractivity (Wildman–Crippen MR) is 91.8 cm³/mol. The first kappa shape index (κ1) is 19.5. The number of halogens is 1. The second-order valence-corrected chi connectivity index (χ2v) is 7.40. The molecule has 0 spiro atoms. The Hall–Kier alpha value is -1.85. The van der Waals surface area contributed by atoms with Gasteiger partial charge in [0.1, 0.15) is 11.5 Å². The minimum absolute atomic E-state index is 0.293. The SMILES string of the molecule is O=C(CP(=O)([O-])[O-])NCCCc1cccc(Oc2ccc(Cl)cc2)c1. The van der Waals surface area contributed by atoms with Crippen LogP contribution in [-0.4, -0.2) is 18.6 Å². The van der Waals surface area contributed by atoms with Gasteiger partial charge in [-0.15, -0.1) is 0 Å². The summed E-state index contributed by atoms with van der Waals surface area (Å²) in [4.78, 5) is 32.2. The summed E-state index contributed by atoms with van der Waals surface area (Å²) in [5.41, 5.74) is 1.01. The number of carbonyl (C=O) groups excluding carboxylic acids is 1. The van der Waals surface area contributed by atoms with Crippen molar-refractivity contribution >= 4 is 25.1 Å². The van der Waals surface area contributed by atoms with Gasteiger partial charge in [0.05, 0.1) is 6.16 Å². The molecule has 0 saturated heterocycles. The lowest BCUT2D eigenvalue weighted by atomic mass is 10.1. The summed E-state index contributed by atoms with van der Waals surface area (Å²) < 4.78 is 16.2. The Morgan fingerprint density at radius 3 is 2.52 bits per heavy atom. The van der Waals surface area contributed by atoms with Crippen molar-refractivity contribution in [2.24, 2.45) is 0 Å². The normalized spacial score (nSPS) is 11.2. The Kier molecular flexibility index (Phi) is 7.02. The quantitative estimate of drug-likeness (QED) is 0.557. The number of aryl methyl sites for hydroxylation is 1. The molecule has 0 fully saturated rings. The van der Waals surface area contributed by atoms with Gasteiger partial charge in [-0.1, -0.05) is 31.3 Å². The molecule has 0 saturated carbocycles. The van der Waals surface area contributed by atoms with Crippen LogP contribution in [0.15, 0.2) is 48.5 Å². The van der Waals surface area contributed by atoms with E-state index in [0.717, 1.165) is 5.56 Å². The van der Waals surface area contributed by atoms with E-state index >= 15 is 0 Å². The van der Waals surface area contributed by atoms with Crippen molar-refractivity contribution in [1.29, 1.82) is 0 Å². The number of hydrogen-bond acceptors (Lipinski definition) is 5. The molecule has 2 aromatic carbocycles. The lowest BCUT2D eigenvalue weighted by Gasteiger charge is -2.28. The Morgan fingerprint density at radius 1 is 1.12 bits per heavy atom. The monoisotopic (exact) mass is 381 g/mol. The number of nitrogens with one attached hydrogen (secondary N) is 1. The third kappa shape index (κ3) is 7.71. The maximum absolute atomic E-state index is 11.2. The van der Waals surface area contributed by atoms with Crippen molar-refractivity contribution in [2.45, 2.75) is 12.8 Å². The molecule has 8 heteroatoms. The van der Waals surface area contributed by atoms with E-state index in [1.54, 1.807) is 24.3 Å². The maximum atomic E-state index is 11.2. The second-order valence-electron chi connectivity index (χ2n) is 5.43. The van der Waals surface area contributed by atoms with E-state index < -0.39 is 19.7 Å². The lowest BCUT2D eigenvalue weighted by Crippen LogP contribution is -2.32. The highest BCUT2D eigenvalue weighted by Crippen LogP contribution is 2.24. The Morgan fingerprint density at radius 2 is 1.84 bits per heavy atom. The van der Waals surface area contributed by atoms with Crippen molar-refractivity contribution in [1.82, 2.24) is 5.32 Å². The molecule has 0 atom stereocenters. The maximum Gasteiger partial charge on any atom is 0.225 e. The van der Waals surface area contributed by atoms with E-state index in [4.69, 9.17) is 16.3 Å². The molecule has 25 heavy (non-hydrogen) atoms. The zero-order valence-electron chi connectivity index (χ0n) is 13.3. The molecule has 2 aromatic rings. The lowest BCUT2D eigenvalue weighted by molar-refractivity contribution is -0.312. The standard InChI is InChI=1S/C17H19ClNO5P/c18-14-6-8-15(9-7-14)24-16-5-1-3-13(11-16)4-2-10-19-17(20)12-25(21,22)23/h1,3,5-9,11H,2,4,10,12H2,(H,19,20)(H2,21,22,23)/p-2.